The van der Waals surface area contributed by atoms with Gasteiger partial charge in [0.25, 0.3) is 0 Å². The summed E-state index contributed by atoms with van der Waals surface area (Å²) in [5.41, 5.74) is 1.87. The molecule has 0 aromatic heterocycles. The molecular weight excluding hydrogens is 314 g/mol. The second-order valence-corrected chi connectivity index (χ2v) is 5.86. The summed E-state index contributed by atoms with van der Waals surface area (Å²) in [5, 5.41) is 0. The standard InChI is InChI=1S/C16H17Cl2FO2/c1-10(2)6-7-21-16(20)11(3)12-4-5-13(9-15(17)18)14(19)8-12/h4-6,8-9,11H,7H2,1-3H3. The van der Waals surface area contributed by atoms with Crippen LogP contribution in [0.2, 0.25) is 0 Å². The Labute approximate surface area is 134 Å². The maximum absolute atomic E-state index is 13.9. The smallest absolute Gasteiger partial charge is 0.313 e. The molecule has 0 aliphatic carbocycles. The average molecular weight is 331 g/mol. The molecule has 0 bridgehead atoms. The van der Waals surface area contributed by atoms with Gasteiger partial charge < -0.3 is 4.74 Å². The minimum absolute atomic E-state index is 0.0316. The van der Waals surface area contributed by atoms with Crippen molar-refractivity contribution in [1.29, 1.82) is 0 Å². The SMILES string of the molecule is CC(C)=CCOC(=O)C(C)c1ccc(C=C(Cl)Cl)c(F)c1. The molecule has 21 heavy (non-hydrogen) atoms. The van der Waals surface area contributed by atoms with E-state index in [4.69, 9.17) is 27.9 Å². The Morgan fingerprint density at radius 3 is 2.57 bits per heavy atom. The first-order chi connectivity index (χ1) is 9.81. The molecule has 5 heteroatoms. The fraction of sp³-hybridized carbons (Fsp3) is 0.312. The molecule has 1 aromatic carbocycles. The molecule has 0 amide bonds. The summed E-state index contributed by atoms with van der Waals surface area (Å²) in [7, 11) is 0. The van der Waals surface area contributed by atoms with Gasteiger partial charge in [0.15, 0.2) is 0 Å². The average Bonchev–Trinajstić information content (AvgIpc) is 2.39. The minimum atomic E-state index is -0.547. The summed E-state index contributed by atoms with van der Waals surface area (Å²) in [6.45, 7) is 5.72. The van der Waals surface area contributed by atoms with Crippen LogP contribution in [-0.2, 0) is 9.53 Å². The predicted molar refractivity (Wildman–Crippen MR) is 84.9 cm³/mol. The molecule has 1 unspecified atom stereocenters. The van der Waals surface area contributed by atoms with Crippen molar-refractivity contribution in [3.8, 4) is 0 Å². The van der Waals surface area contributed by atoms with Crippen molar-refractivity contribution >= 4 is 35.2 Å². The van der Waals surface area contributed by atoms with Gasteiger partial charge in [0.2, 0.25) is 0 Å². The normalized spacial score (nSPS) is 11.5. The lowest BCUT2D eigenvalue weighted by atomic mass is 9.99. The van der Waals surface area contributed by atoms with Crippen molar-refractivity contribution in [2.75, 3.05) is 6.61 Å². The third-order valence-corrected chi connectivity index (χ3v) is 3.08. The predicted octanol–water partition coefficient (Wildman–Crippen LogP) is 5.21. The van der Waals surface area contributed by atoms with Gasteiger partial charge in [-0.15, -0.1) is 0 Å². The van der Waals surface area contributed by atoms with E-state index in [2.05, 4.69) is 0 Å². The van der Waals surface area contributed by atoms with Crippen molar-refractivity contribution in [3.63, 3.8) is 0 Å². The third kappa shape index (κ3) is 5.90. The van der Waals surface area contributed by atoms with Crippen LogP contribution in [0.5, 0.6) is 0 Å². The number of esters is 1. The van der Waals surface area contributed by atoms with Gasteiger partial charge in [0, 0.05) is 5.56 Å². The maximum Gasteiger partial charge on any atom is 0.313 e. The van der Waals surface area contributed by atoms with Gasteiger partial charge in [-0.25, -0.2) is 4.39 Å². The number of hydrogen-bond acceptors (Lipinski definition) is 2. The Bertz CT molecular complexity index is 572. The fourth-order valence-electron chi connectivity index (χ4n) is 1.60. The molecular formula is C16H17Cl2FO2. The zero-order valence-electron chi connectivity index (χ0n) is 12.1. The number of hydrogen-bond donors (Lipinski definition) is 0. The lowest BCUT2D eigenvalue weighted by Crippen LogP contribution is -2.13. The first-order valence-corrected chi connectivity index (χ1v) is 7.19. The topological polar surface area (TPSA) is 26.3 Å². The molecule has 0 fully saturated rings. The Morgan fingerprint density at radius 1 is 1.38 bits per heavy atom. The molecule has 0 saturated heterocycles. The summed E-state index contributed by atoms with van der Waals surface area (Å²) >= 11 is 11.0. The second-order valence-electron chi connectivity index (χ2n) is 4.85. The molecule has 0 aliphatic heterocycles. The first-order valence-electron chi connectivity index (χ1n) is 6.43. The van der Waals surface area contributed by atoms with Gasteiger partial charge in [-0.1, -0.05) is 40.9 Å². The zero-order valence-corrected chi connectivity index (χ0v) is 13.6. The zero-order chi connectivity index (χ0) is 16.0. The van der Waals surface area contributed by atoms with Crippen LogP contribution < -0.4 is 0 Å². The van der Waals surface area contributed by atoms with Gasteiger partial charge in [-0.05, 0) is 44.6 Å². The van der Waals surface area contributed by atoms with E-state index < -0.39 is 17.7 Å². The molecule has 0 saturated carbocycles. The lowest BCUT2D eigenvalue weighted by molar-refractivity contribution is -0.143. The second kappa shape index (κ2) is 8.20. The van der Waals surface area contributed by atoms with Gasteiger partial charge in [-0.2, -0.15) is 0 Å². The molecule has 1 aromatic rings. The highest BCUT2D eigenvalue weighted by molar-refractivity contribution is 6.57. The number of ether oxygens (including phenoxy) is 1. The van der Waals surface area contributed by atoms with Crippen LogP contribution in [-0.4, -0.2) is 12.6 Å². The van der Waals surface area contributed by atoms with E-state index in [-0.39, 0.29) is 16.7 Å². The molecule has 0 spiro atoms. The van der Waals surface area contributed by atoms with Crippen molar-refractivity contribution < 1.29 is 13.9 Å². The quantitative estimate of drug-likeness (QED) is 0.546. The van der Waals surface area contributed by atoms with E-state index in [0.29, 0.717) is 5.56 Å². The van der Waals surface area contributed by atoms with Crippen LogP contribution in [0.4, 0.5) is 4.39 Å². The van der Waals surface area contributed by atoms with Gasteiger partial charge in [0.05, 0.1) is 5.92 Å². The summed E-state index contributed by atoms with van der Waals surface area (Å²) < 4.78 is 18.9. The molecule has 1 atom stereocenters. The molecule has 0 radical (unpaired) electrons. The highest BCUT2D eigenvalue weighted by Crippen LogP contribution is 2.22. The van der Waals surface area contributed by atoms with E-state index in [0.717, 1.165) is 5.57 Å². The summed E-state index contributed by atoms with van der Waals surface area (Å²) in [5.74, 6) is -1.43. The highest BCUT2D eigenvalue weighted by atomic mass is 35.5. The van der Waals surface area contributed by atoms with E-state index in [1.807, 2.05) is 19.9 Å². The van der Waals surface area contributed by atoms with Gasteiger partial charge in [-0.3, -0.25) is 4.79 Å². The van der Waals surface area contributed by atoms with Crippen LogP contribution >= 0.6 is 23.2 Å². The molecule has 2 nitrogen and oxygen atoms in total. The molecule has 1 rings (SSSR count). The van der Waals surface area contributed by atoms with Crippen LogP contribution in [0.25, 0.3) is 6.08 Å². The van der Waals surface area contributed by atoms with E-state index >= 15 is 0 Å². The van der Waals surface area contributed by atoms with E-state index in [1.54, 1.807) is 13.0 Å². The highest BCUT2D eigenvalue weighted by Gasteiger charge is 2.17. The molecule has 0 aliphatic rings. The summed E-state index contributed by atoms with van der Waals surface area (Å²) in [4.78, 5) is 11.9. The number of allylic oxidation sites excluding steroid dienone is 1. The summed E-state index contributed by atoms with van der Waals surface area (Å²) in [6, 6.07) is 4.46. The van der Waals surface area contributed by atoms with E-state index in [9.17, 15) is 9.18 Å². The van der Waals surface area contributed by atoms with Gasteiger partial charge in [0.1, 0.15) is 16.9 Å². The maximum atomic E-state index is 13.9. The molecule has 114 valence electrons. The van der Waals surface area contributed by atoms with Crippen LogP contribution in [0.3, 0.4) is 0 Å². The number of carbonyl (C=O) groups is 1. The number of rotatable bonds is 5. The Hall–Kier alpha value is -1.32. The fourth-order valence-corrected chi connectivity index (χ4v) is 1.83. The molecule has 0 heterocycles. The van der Waals surface area contributed by atoms with Crippen molar-refractivity contribution in [3.05, 3.63) is 51.3 Å². The van der Waals surface area contributed by atoms with E-state index in [1.165, 1.54) is 18.2 Å². The van der Waals surface area contributed by atoms with Crippen LogP contribution in [0.1, 0.15) is 37.8 Å². The van der Waals surface area contributed by atoms with Crippen LogP contribution in [0.15, 0.2) is 34.3 Å². The minimum Gasteiger partial charge on any atom is -0.461 e. The number of benzene rings is 1. The monoisotopic (exact) mass is 330 g/mol. The molecule has 0 N–H and O–H groups in total. The van der Waals surface area contributed by atoms with Crippen molar-refractivity contribution in [2.24, 2.45) is 0 Å². The van der Waals surface area contributed by atoms with Crippen molar-refractivity contribution in [2.45, 2.75) is 26.7 Å². The summed E-state index contributed by atoms with van der Waals surface area (Å²) in [6.07, 6.45) is 3.11. The van der Waals surface area contributed by atoms with Gasteiger partial charge >= 0.3 is 5.97 Å². The number of halogens is 3. The Balaban J connectivity index is 2.81. The third-order valence-electron chi connectivity index (χ3n) is 2.86. The largest absolute Gasteiger partial charge is 0.461 e. The van der Waals surface area contributed by atoms with Crippen LogP contribution in [0, 0.1) is 5.82 Å². The Morgan fingerprint density at radius 2 is 2.05 bits per heavy atom. The Kier molecular flexibility index (Phi) is 6.93. The number of carbonyl (C=O) groups excluding carboxylic acids is 1. The lowest BCUT2D eigenvalue weighted by Gasteiger charge is -2.12. The van der Waals surface area contributed by atoms with Crippen molar-refractivity contribution in [1.82, 2.24) is 0 Å². The first kappa shape index (κ1) is 17.7.